The Morgan fingerprint density at radius 2 is 1.60 bits per heavy atom. The maximum atomic E-state index is 2.50. The fraction of sp³-hybridized carbons (Fsp3) is 1.00. The van der Waals surface area contributed by atoms with Crippen molar-refractivity contribution in [2.24, 2.45) is 35.5 Å². The SMILES string of the molecule is CC(C)[C@@H]1CC[C@@H](C)[C@@H]2CC[C@@H](C)C[C@@H]21. The van der Waals surface area contributed by atoms with Crippen molar-refractivity contribution < 1.29 is 0 Å². The van der Waals surface area contributed by atoms with Crippen LogP contribution in [0.4, 0.5) is 0 Å². The molecule has 15 heavy (non-hydrogen) atoms. The smallest absolute Gasteiger partial charge is 0.0350 e. The molecule has 5 atom stereocenters. The van der Waals surface area contributed by atoms with E-state index in [0.29, 0.717) is 0 Å². The van der Waals surface area contributed by atoms with Crippen molar-refractivity contribution >= 4 is 0 Å². The van der Waals surface area contributed by atoms with Crippen LogP contribution in [-0.2, 0) is 0 Å². The van der Waals surface area contributed by atoms with Crippen molar-refractivity contribution in [2.45, 2.75) is 59.8 Å². The van der Waals surface area contributed by atoms with Crippen molar-refractivity contribution in [3.63, 3.8) is 0 Å². The maximum absolute atomic E-state index is 2.50. The van der Waals surface area contributed by atoms with Gasteiger partial charge in [-0.3, -0.25) is 0 Å². The van der Waals surface area contributed by atoms with E-state index in [4.69, 9.17) is 0 Å². The topological polar surface area (TPSA) is 0 Å². The van der Waals surface area contributed by atoms with Gasteiger partial charge in [-0.25, -0.2) is 0 Å². The summed E-state index contributed by atoms with van der Waals surface area (Å²) in [5, 5.41) is 0. The highest BCUT2D eigenvalue weighted by Gasteiger charge is 2.41. The van der Waals surface area contributed by atoms with Crippen LogP contribution in [0.1, 0.15) is 59.8 Å². The van der Waals surface area contributed by atoms with Crippen molar-refractivity contribution in [1.82, 2.24) is 0 Å². The summed E-state index contributed by atoms with van der Waals surface area (Å²) in [7, 11) is 0. The second kappa shape index (κ2) is 4.47. The summed E-state index contributed by atoms with van der Waals surface area (Å²) in [4.78, 5) is 0. The predicted molar refractivity (Wildman–Crippen MR) is 66.7 cm³/mol. The van der Waals surface area contributed by atoms with Crippen molar-refractivity contribution in [1.29, 1.82) is 0 Å². The van der Waals surface area contributed by atoms with E-state index in [0.717, 1.165) is 35.5 Å². The van der Waals surface area contributed by atoms with Gasteiger partial charge in [0.1, 0.15) is 0 Å². The van der Waals surface area contributed by atoms with Crippen LogP contribution in [0.5, 0.6) is 0 Å². The Morgan fingerprint density at radius 1 is 0.867 bits per heavy atom. The lowest BCUT2D eigenvalue weighted by Gasteiger charge is -2.48. The highest BCUT2D eigenvalue weighted by molar-refractivity contribution is 4.90. The molecule has 0 spiro atoms. The molecule has 0 aromatic rings. The first kappa shape index (κ1) is 11.5. The Labute approximate surface area is 95.8 Å². The molecule has 0 nitrogen and oxygen atoms in total. The lowest BCUT2D eigenvalue weighted by atomic mass is 9.57. The van der Waals surface area contributed by atoms with Crippen LogP contribution in [-0.4, -0.2) is 0 Å². The average molecular weight is 208 g/mol. The van der Waals surface area contributed by atoms with Crippen LogP contribution in [0, 0.1) is 35.5 Å². The first-order valence-electron chi connectivity index (χ1n) is 7.09. The number of hydrogen-bond acceptors (Lipinski definition) is 0. The van der Waals surface area contributed by atoms with Gasteiger partial charge in [0, 0.05) is 0 Å². The molecule has 0 N–H and O–H groups in total. The van der Waals surface area contributed by atoms with Gasteiger partial charge in [-0.15, -0.1) is 0 Å². The summed E-state index contributed by atoms with van der Waals surface area (Å²) >= 11 is 0. The third-order valence-corrected chi connectivity index (χ3v) is 5.31. The number of fused-ring (bicyclic) bond motifs is 1. The van der Waals surface area contributed by atoms with Crippen LogP contribution >= 0.6 is 0 Å². The van der Waals surface area contributed by atoms with Gasteiger partial charge in [-0.1, -0.05) is 40.5 Å². The summed E-state index contributed by atoms with van der Waals surface area (Å²) in [6.07, 6.45) is 7.55. The fourth-order valence-electron chi connectivity index (χ4n) is 4.36. The molecule has 88 valence electrons. The Balaban J connectivity index is 2.10. The van der Waals surface area contributed by atoms with E-state index < -0.39 is 0 Å². The van der Waals surface area contributed by atoms with Crippen LogP contribution in [0.2, 0.25) is 0 Å². The molecule has 0 heteroatoms. The molecule has 0 aromatic carbocycles. The quantitative estimate of drug-likeness (QED) is 0.584. The lowest BCUT2D eigenvalue weighted by Crippen LogP contribution is -2.39. The van der Waals surface area contributed by atoms with Gasteiger partial charge in [0.05, 0.1) is 0 Å². The van der Waals surface area contributed by atoms with Crippen molar-refractivity contribution in [2.75, 3.05) is 0 Å². The molecule has 0 radical (unpaired) electrons. The number of rotatable bonds is 1. The minimum atomic E-state index is 0.912. The first-order chi connectivity index (χ1) is 7.09. The molecule has 0 amide bonds. The van der Waals surface area contributed by atoms with E-state index in [9.17, 15) is 0 Å². The van der Waals surface area contributed by atoms with Crippen molar-refractivity contribution in [3.05, 3.63) is 0 Å². The van der Waals surface area contributed by atoms with E-state index in [1.165, 1.54) is 32.1 Å². The Hall–Kier alpha value is 0. The third kappa shape index (κ3) is 2.24. The van der Waals surface area contributed by atoms with E-state index in [1.807, 2.05) is 0 Å². The largest absolute Gasteiger partial charge is 0.0625 e. The molecule has 2 rings (SSSR count). The third-order valence-electron chi connectivity index (χ3n) is 5.31. The Bertz CT molecular complexity index is 202. The highest BCUT2D eigenvalue weighted by atomic mass is 14.5. The Kier molecular flexibility index (Phi) is 3.42. The van der Waals surface area contributed by atoms with Gasteiger partial charge >= 0.3 is 0 Å². The number of hydrogen-bond donors (Lipinski definition) is 0. The molecule has 2 saturated carbocycles. The molecule has 2 aliphatic carbocycles. The molecule has 0 saturated heterocycles. The summed E-state index contributed by atoms with van der Waals surface area (Å²) in [6, 6.07) is 0. The Morgan fingerprint density at radius 3 is 2.27 bits per heavy atom. The molecule has 0 unspecified atom stereocenters. The van der Waals surface area contributed by atoms with Crippen LogP contribution in [0.15, 0.2) is 0 Å². The van der Waals surface area contributed by atoms with Crippen LogP contribution in [0.3, 0.4) is 0 Å². The van der Waals surface area contributed by atoms with E-state index in [1.54, 1.807) is 0 Å². The monoisotopic (exact) mass is 208 g/mol. The second-order valence-corrected chi connectivity index (χ2v) is 6.71. The van der Waals surface area contributed by atoms with Gasteiger partial charge in [0.15, 0.2) is 0 Å². The molecule has 2 fully saturated rings. The summed E-state index contributed by atoms with van der Waals surface area (Å²) in [6.45, 7) is 9.85. The minimum Gasteiger partial charge on any atom is -0.0625 e. The maximum Gasteiger partial charge on any atom is -0.0350 e. The molecular formula is C15H28. The summed E-state index contributed by atoms with van der Waals surface area (Å²) in [5.41, 5.74) is 0. The fourth-order valence-corrected chi connectivity index (χ4v) is 4.36. The standard InChI is InChI=1S/C15H28/c1-10(2)13-8-6-12(4)14-7-5-11(3)9-15(13)14/h10-15H,5-9H2,1-4H3/t11-,12-,13+,14+,15-/m1/s1. The van der Waals surface area contributed by atoms with Gasteiger partial charge in [0.25, 0.3) is 0 Å². The van der Waals surface area contributed by atoms with E-state index >= 15 is 0 Å². The van der Waals surface area contributed by atoms with Gasteiger partial charge in [-0.2, -0.15) is 0 Å². The molecule has 0 aromatic heterocycles. The van der Waals surface area contributed by atoms with E-state index in [2.05, 4.69) is 27.7 Å². The normalized spacial score (nSPS) is 46.6. The van der Waals surface area contributed by atoms with Gasteiger partial charge < -0.3 is 0 Å². The first-order valence-corrected chi connectivity index (χ1v) is 7.09. The van der Waals surface area contributed by atoms with E-state index in [-0.39, 0.29) is 0 Å². The average Bonchev–Trinajstić information content (AvgIpc) is 2.17. The highest BCUT2D eigenvalue weighted by Crippen LogP contribution is 2.50. The zero-order chi connectivity index (χ0) is 11.0. The lowest BCUT2D eigenvalue weighted by molar-refractivity contribution is 0.0182. The second-order valence-electron chi connectivity index (χ2n) is 6.71. The molecule has 2 aliphatic rings. The zero-order valence-electron chi connectivity index (χ0n) is 11.0. The molecule has 0 bridgehead atoms. The summed E-state index contributed by atoms with van der Waals surface area (Å²) in [5.74, 6) is 6.10. The molecular weight excluding hydrogens is 180 g/mol. The summed E-state index contributed by atoms with van der Waals surface area (Å²) < 4.78 is 0. The molecule has 0 heterocycles. The van der Waals surface area contributed by atoms with Crippen LogP contribution < -0.4 is 0 Å². The minimum absolute atomic E-state index is 0.912. The van der Waals surface area contributed by atoms with Crippen LogP contribution in [0.25, 0.3) is 0 Å². The predicted octanol–water partition coefficient (Wildman–Crippen LogP) is 4.74. The zero-order valence-corrected chi connectivity index (χ0v) is 11.0. The van der Waals surface area contributed by atoms with Gasteiger partial charge in [0.2, 0.25) is 0 Å². The molecule has 0 aliphatic heterocycles. The van der Waals surface area contributed by atoms with Gasteiger partial charge in [-0.05, 0) is 54.8 Å². The van der Waals surface area contributed by atoms with Crippen molar-refractivity contribution in [3.8, 4) is 0 Å².